The van der Waals surface area contributed by atoms with E-state index in [0.29, 0.717) is 22.8 Å². The van der Waals surface area contributed by atoms with Gasteiger partial charge in [0.2, 0.25) is 0 Å². The number of rotatable bonds is 4. The van der Waals surface area contributed by atoms with E-state index in [2.05, 4.69) is 37.4 Å². The summed E-state index contributed by atoms with van der Waals surface area (Å²) in [6, 6.07) is 11.4. The van der Waals surface area contributed by atoms with Crippen LogP contribution in [0.25, 0.3) is 0 Å². The largest absolute Gasteiger partial charge is 0.465 e. The van der Waals surface area contributed by atoms with Gasteiger partial charge in [-0.1, -0.05) is 40.9 Å². The first-order valence-corrected chi connectivity index (χ1v) is 7.06. The van der Waals surface area contributed by atoms with Crippen molar-refractivity contribution in [1.29, 1.82) is 0 Å². The number of hydrogen-bond acceptors (Lipinski definition) is 3. The minimum absolute atomic E-state index is 0.380. The Morgan fingerprint density at radius 2 is 1.81 bits per heavy atom. The van der Waals surface area contributed by atoms with Gasteiger partial charge in [-0.15, -0.1) is 0 Å². The third-order valence-corrected chi connectivity index (χ3v) is 3.39. The molecule has 0 aliphatic carbocycles. The first-order chi connectivity index (χ1) is 9.99. The molecule has 0 unspecified atom stereocenters. The Morgan fingerprint density at radius 1 is 1.14 bits per heavy atom. The molecule has 2 aromatic carbocycles. The zero-order valence-electron chi connectivity index (χ0n) is 12.4. The van der Waals surface area contributed by atoms with Gasteiger partial charge in [0.25, 0.3) is 0 Å². The first-order valence-electron chi connectivity index (χ1n) is 6.68. The maximum atomic E-state index is 11.8. The molecule has 0 radical (unpaired) electrons. The molecule has 0 fully saturated rings. The Labute approximate surface area is 129 Å². The summed E-state index contributed by atoms with van der Waals surface area (Å²) in [5.74, 6) is -0.380. The second kappa shape index (κ2) is 6.64. The predicted octanol–water partition coefficient (Wildman–Crippen LogP) is 4.36. The quantitative estimate of drug-likeness (QED) is 0.853. The van der Waals surface area contributed by atoms with E-state index in [0.717, 1.165) is 5.56 Å². The Balaban J connectivity index is 2.22. The van der Waals surface area contributed by atoms with Gasteiger partial charge in [0, 0.05) is 11.6 Å². The molecule has 2 aromatic rings. The van der Waals surface area contributed by atoms with E-state index in [1.807, 2.05) is 0 Å². The van der Waals surface area contributed by atoms with Crippen LogP contribution < -0.4 is 5.32 Å². The van der Waals surface area contributed by atoms with Crippen molar-refractivity contribution in [2.45, 2.75) is 20.4 Å². The summed E-state index contributed by atoms with van der Waals surface area (Å²) < 4.78 is 4.79. The molecule has 0 amide bonds. The second-order valence-electron chi connectivity index (χ2n) is 5.03. The summed E-state index contributed by atoms with van der Waals surface area (Å²) in [6.45, 7) is 4.75. The number of carbonyl (C=O) groups is 1. The van der Waals surface area contributed by atoms with Crippen molar-refractivity contribution in [3.8, 4) is 0 Å². The van der Waals surface area contributed by atoms with Crippen LogP contribution in [0.4, 0.5) is 5.69 Å². The highest BCUT2D eigenvalue weighted by Crippen LogP contribution is 2.23. The molecular formula is C17H18ClNO2. The summed E-state index contributed by atoms with van der Waals surface area (Å²) in [4.78, 5) is 11.8. The molecule has 0 heterocycles. The van der Waals surface area contributed by atoms with Crippen LogP contribution >= 0.6 is 11.6 Å². The highest BCUT2D eigenvalue weighted by atomic mass is 35.5. The number of aryl methyl sites for hydroxylation is 2. The number of carbonyl (C=O) groups excluding carboxylic acids is 1. The first kappa shape index (κ1) is 15.4. The predicted molar refractivity (Wildman–Crippen MR) is 86.0 cm³/mol. The molecule has 0 aliphatic heterocycles. The Hall–Kier alpha value is -2.00. The molecule has 2 rings (SSSR count). The normalized spacial score (nSPS) is 10.3. The standard InChI is InChI=1S/C17H18ClNO2/c1-11-6-12(2)8-13(7-11)10-19-16-9-14(18)4-5-15(16)17(20)21-3/h4-9,19H,10H2,1-3H3. The van der Waals surface area contributed by atoms with Crippen LogP contribution in [0.1, 0.15) is 27.0 Å². The smallest absolute Gasteiger partial charge is 0.339 e. The Morgan fingerprint density at radius 3 is 2.43 bits per heavy atom. The second-order valence-corrected chi connectivity index (χ2v) is 5.47. The third-order valence-electron chi connectivity index (χ3n) is 3.15. The molecule has 0 aliphatic rings. The van der Waals surface area contributed by atoms with E-state index in [4.69, 9.17) is 16.3 Å². The molecule has 0 saturated heterocycles. The van der Waals surface area contributed by atoms with Gasteiger partial charge in [-0.25, -0.2) is 4.79 Å². The number of halogens is 1. The van der Waals surface area contributed by atoms with Gasteiger partial charge in [0.1, 0.15) is 0 Å². The van der Waals surface area contributed by atoms with Crippen molar-refractivity contribution in [3.05, 3.63) is 63.7 Å². The van der Waals surface area contributed by atoms with E-state index >= 15 is 0 Å². The maximum absolute atomic E-state index is 11.8. The van der Waals surface area contributed by atoms with Gasteiger partial charge in [-0.2, -0.15) is 0 Å². The fourth-order valence-electron chi connectivity index (χ4n) is 2.32. The van der Waals surface area contributed by atoms with Gasteiger partial charge in [-0.05, 0) is 37.6 Å². The molecule has 21 heavy (non-hydrogen) atoms. The number of nitrogens with one attached hydrogen (secondary N) is 1. The van der Waals surface area contributed by atoms with E-state index in [-0.39, 0.29) is 5.97 Å². The Kier molecular flexibility index (Phi) is 4.86. The van der Waals surface area contributed by atoms with Crippen LogP contribution in [-0.4, -0.2) is 13.1 Å². The Bertz CT molecular complexity index is 648. The molecule has 3 nitrogen and oxygen atoms in total. The monoisotopic (exact) mass is 303 g/mol. The van der Waals surface area contributed by atoms with E-state index in [1.165, 1.54) is 18.2 Å². The lowest BCUT2D eigenvalue weighted by atomic mass is 10.1. The molecular weight excluding hydrogens is 286 g/mol. The van der Waals surface area contributed by atoms with Gasteiger partial charge in [-0.3, -0.25) is 0 Å². The van der Waals surface area contributed by atoms with Crippen molar-refractivity contribution in [3.63, 3.8) is 0 Å². The number of methoxy groups -OCH3 is 1. The molecule has 1 N–H and O–H groups in total. The van der Waals surface area contributed by atoms with Crippen LogP contribution in [0.3, 0.4) is 0 Å². The van der Waals surface area contributed by atoms with Crippen molar-refractivity contribution in [2.75, 3.05) is 12.4 Å². The van der Waals surface area contributed by atoms with E-state index in [9.17, 15) is 4.79 Å². The summed E-state index contributed by atoms with van der Waals surface area (Å²) in [6.07, 6.45) is 0. The zero-order chi connectivity index (χ0) is 15.4. The van der Waals surface area contributed by atoms with E-state index in [1.54, 1.807) is 18.2 Å². The minimum Gasteiger partial charge on any atom is -0.465 e. The molecule has 110 valence electrons. The number of ether oxygens (including phenoxy) is 1. The fraction of sp³-hybridized carbons (Fsp3) is 0.235. The highest BCUT2D eigenvalue weighted by molar-refractivity contribution is 6.31. The van der Waals surface area contributed by atoms with Gasteiger partial charge < -0.3 is 10.1 Å². The zero-order valence-corrected chi connectivity index (χ0v) is 13.1. The van der Waals surface area contributed by atoms with Crippen molar-refractivity contribution < 1.29 is 9.53 Å². The van der Waals surface area contributed by atoms with Crippen molar-refractivity contribution in [1.82, 2.24) is 0 Å². The molecule has 0 bridgehead atoms. The molecule has 4 heteroatoms. The van der Waals surface area contributed by atoms with Gasteiger partial charge >= 0.3 is 5.97 Å². The lowest BCUT2D eigenvalue weighted by Crippen LogP contribution is -2.08. The number of benzene rings is 2. The summed E-state index contributed by atoms with van der Waals surface area (Å²) in [5, 5.41) is 3.83. The summed E-state index contributed by atoms with van der Waals surface area (Å²) >= 11 is 6.00. The van der Waals surface area contributed by atoms with Gasteiger partial charge in [0.05, 0.1) is 18.4 Å². The lowest BCUT2D eigenvalue weighted by Gasteiger charge is -2.12. The number of esters is 1. The van der Waals surface area contributed by atoms with Crippen LogP contribution in [0.15, 0.2) is 36.4 Å². The average Bonchev–Trinajstić information content (AvgIpc) is 2.43. The number of anilines is 1. The number of hydrogen-bond donors (Lipinski definition) is 1. The summed E-state index contributed by atoms with van der Waals surface area (Å²) in [7, 11) is 1.37. The third kappa shape index (κ3) is 3.99. The molecule has 0 saturated carbocycles. The van der Waals surface area contributed by atoms with Crippen LogP contribution in [0.2, 0.25) is 5.02 Å². The molecule has 0 spiro atoms. The topological polar surface area (TPSA) is 38.3 Å². The van der Waals surface area contributed by atoms with Crippen LogP contribution in [-0.2, 0) is 11.3 Å². The fourth-order valence-corrected chi connectivity index (χ4v) is 2.49. The SMILES string of the molecule is COC(=O)c1ccc(Cl)cc1NCc1cc(C)cc(C)c1. The average molecular weight is 304 g/mol. The lowest BCUT2D eigenvalue weighted by molar-refractivity contribution is 0.0602. The van der Waals surface area contributed by atoms with Gasteiger partial charge in [0.15, 0.2) is 0 Å². The molecule has 0 aromatic heterocycles. The van der Waals surface area contributed by atoms with Crippen LogP contribution in [0.5, 0.6) is 0 Å². The van der Waals surface area contributed by atoms with Crippen molar-refractivity contribution >= 4 is 23.3 Å². The maximum Gasteiger partial charge on any atom is 0.339 e. The minimum atomic E-state index is -0.380. The van der Waals surface area contributed by atoms with Crippen LogP contribution in [0, 0.1) is 13.8 Å². The molecule has 0 atom stereocenters. The summed E-state index contributed by atoms with van der Waals surface area (Å²) in [5.41, 5.74) is 4.74. The van der Waals surface area contributed by atoms with E-state index < -0.39 is 0 Å². The highest BCUT2D eigenvalue weighted by Gasteiger charge is 2.12. The van der Waals surface area contributed by atoms with Crippen molar-refractivity contribution in [2.24, 2.45) is 0 Å².